The fourth-order valence-electron chi connectivity index (χ4n) is 1.43. The highest BCUT2D eigenvalue weighted by molar-refractivity contribution is 5.03. The second-order valence-electron chi connectivity index (χ2n) is 3.88. The van der Waals surface area contributed by atoms with Crippen LogP contribution >= 0.6 is 0 Å². The predicted molar refractivity (Wildman–Crippen MR) is 51.2 cm³/mol. The van der Waals surface area contributed by atoms with Gasteiger partial charge in [-0.05, 0) is 31.2 Å². The second-order valence-corrected chi connectivity index (χ2v) is 3.88. The Balaban J connectivity index is 1.96. The first-order valence-corrected chi connectivity index (χ1v) is 4.79. The van der Waals surface area contributed by atoms with E-state index >= 15 is 0 Å². The molecule has 1 aromatic heterocycles. The van der Waals surface area contributed by atoms with Crippen LogP contribution in [-0.2, 0) is 6.42 Å². The van der Waals surface area contributed by atoms with Gasteiger partial charge in [-0.2, -0.15) is 0 Å². The topological polar surface area (TPSA) is 51.8 Å². The fraction of sp³-hybridized carbons (Fsp3) is 0.600. The second kappa shape index (κ2) is 3.42. The van der Waals surface area contributed by atoms with Gasteiger partial charge in [0.05, 0.1) is 0 Å². The van der Waals surface area contributed by atoms with Crippen molar-refractivity contribution in [3.05, 3.63) is 23.8 Å². The molecule has 0 aromatic carbocycles. The van der Waals surface area contributed by atoms with Crippen LogP contribution in [0.1, 0.15) is 24.2 Å². The average Bonchev–Trinajstić information content (AvgIpc) is 2.91. The highest BCUT2D eigenvalue weighted by atomic mass is 14.9. The van der Waals surface area contributed by atoms with Crippen molar-refractivity contribution in [2.45, 2.75) is 32.2 Å². The van der Waals surface area contributed by atoms with E-state index < -0.39 is 0 Å². The number of rotatable bonds is 3. The molecule has 1 saturated carbocycles. The lowest BCUT2D eigenvalue weighted by Crippen LogP contribution is -2.26. The van der Waals surface area contributed by atoms with Gasteiger partial charge >= 0.3 is 0 Å². The molecule has 1 unspecified atom stereocenters. The molecule has 1 heterocycles. The van der Waals surface area contributed by atoms with Gasteiger partial charge in [0.25, 0.3) is 0 Å². The summed E-state index contributed by atoms with van der Waals surface area (Å²) in [4.78, 5) is 8.47. The number of aryl methyl sites for hydroxylation is 1. The van der Waals surface area contributed by atoms with E-state index in [0.717, 1.165) is 23.7 Å². The molecular formula is C10H15N3. The largest absolute Gasteiger partial charge is 0.327 e. The predicted octanol–water partition coefficient (Wildman–Crippen LogP) is 1.06. The third-order valence-corrected chi connectivity index (χ3v) is 2.48. The molecular weight excluding hydrogens is 162 g/mol. The zero-order chi connectivity index (χ0) is 9.26. The Labute approximate surface area is 78.4 Å². The Morgan fingerprint density at radius 2 is 2.08 bits per heavy atom. The van der Waals surface area contributed by atoms with Gasteiger partial charge in [0.1, 0.15) is 5.82 Å². The lowest BCUT2D eigenvalue weighted by atomic mass is 10.1. The fourth-order valence-corrected chi connectivity index (χ4v) is 1.43. The number of hydrogen-bond donors (Lipinski definition) is 1. The maximum atomic E-state index is 5.97. The molecule has 2 N–H and O–H groups in total. The molecule has 0 amide bonds. The van der Waals surface area contributed by atoms with Crippen molar-refractivity contribution in [1.82, 2.24) is 9.97 Å². The van der Waals surface area contributed by atoms with Crippen LogP contribution in [0.5, 0.6) is 0 Å². The van der Waals surface area contributed by atoms with Crippen LogP contribution in [0.2, 0.25) is 0 Å². The first-order chi connectivity index (χ1) is 6.25. The highest BCUT2D eigenvalue weighted by Gasteiger charge is 2.28. The Kier molecular flexibility index (Phi) is 2.27. The highest BCUT2D eigenvalue weighted by Crippen LogP contribution is 2.32. The van der Waals surface area contributed by atoms with Crippen molar-refractivity contribution in [3.63, 3.8) is 0 Å². The molecule has 0 saturated heterocycles. The van der Waals surface area contributed by atoms with Crippen LogP contribution in [0.25, 0.3) is 0 Å². The Morgan fingerprint density at radius 3 is 2.62 bits per heavy atom. The summed E-state index contributed by atoms with van der Waals surface area (Å²) >= 11 is 0. The monoisotopic (exact) mass is 177 g/mol. The number of nitrogens with two attached hydrogens (primary N) is 1. The minimum atomic E-state index is 0.266. The standard InChI is InChI=1S/C10H15N3/c1-7-5-12-10(13-6-7)4-9(11)8-2-3-8/h5-6,8-9H,2-4,11H2,1H3. The lowest BCUT2D eigenvalue weighted by molar-refractivity contribution is 0.574. The summed E-state index contributed by atoms with van der Waals surface area (Å²) in [5.41, 5.74) is 7.07. The van der Waals surface area contributed by atoms with E-state index in [1.807, 2.05) is 19.3 Å². The summed E-state index contributed by atoms with van der Waals surface area (Å²) in [6.07, 6.45) is 7.09. The van der Waals surface area contributed by atoms with Gasteiger partial charge in [0, 0.05) is 24.9 Å². The molecule has 3 heteroatoms. The van der Waals surface area contributed by atoms with Gasteiger partial charge in [-0.3, -0.25) is 0 Å². The van der Waals surface area contributed by atoms with Crippen LogP contribution in [0.4, 0.5) is 0 Å². The molecule has 0 spiro atoms. The number of nitrogens with zero attached hydrogens (tertiary/aromatic N) is 2. The molecule has 3 nitrogen and oxygen atoms in total. The third kappa shape index (κ3) is 2.25. The quantitative estimate of drug-likeness (QED) is 0.751. The molecule has 1 atom stereocenters. The van der Waals surface area contributed by atoms with E-state index in [1.54, 1.807) is 0 Å². The van der Waals surface area contributed by atoms with Crippen LogP contribution < -0.4 is 5.73 Å². The van der Waals surface area contributed by atoms with Crippen molar-refractivity contribution in [1.29, 1.82) is 0 Å². The molecule has 1 aromatic rings. The van der Waals surface area contributed by atoms with Crippen LogP contribution in [0, 0.1) is 12.8 Å². The summed E-state index contributed by atoms with van der Waals surface area (Å²) in [5.74, 6) is 1.61. The first kappa shape index (κ1) is 8.63. The van der Waals surface area contributed by atoms with Crippen molar-refractivity contribution in [3.8, 4) is 0 Å². The molecule has 1 aliphatic carbocycles. The van der Waals surface area contributed by atoms with E-state index in [1.165, 1.54) is 12.8 Å². The molecule has 2 rings (SSSR count). The van der Waals surface area contributed by atoms with Gasteiger partial charge in [-0.1, -0.05) is 0 Å². The normalized spacial score (nSPS) is 18.6. The van der Waals surface area contributed by atoms with Crippen molar-refractivity contribution in [2.24, 2.45) is 11.7 Å². The summed E-state index contributed by atoms with van der Waals surface area (Å²) < 4.78 is 0. The molecule has 0 radical (unpaired) electrons. The Morgan fingerprint density at radius 1 is 1.46 bits per heavy atom. The van der Waals surface area contributed by atoms with Gasteiger partial charge in [-0.25, -0.2) is 9.97 Å². The van der Waals surface area contributed by atoms with Crippen LogP contribution in [0.15, 0.2) is 12.4 Å². The lowest BCUT2D eigenvalue weighted by Gasteiger charge is -2.07. The zero-order valence-corrected chi connectivity index (χ0v) is 7.90. The zero-order valence-electron chi connectivity index (χ0n) is 7.90. The summed E-state index contributed by atoms with van der Waals surface area (Å²) in [6.45, 7) is 1.99. The Bertz CT molecular complexity index is 277. The van der Waals surface area contributed by atoms with Crippen LogP contribution in [0.3, 0.4) is 0 Å². The third-order valence-electron chi connectivity index (χ3n) is 2.48. The van der Waals surface area contributed by atoms with E-state index in [-0.39, 0.29) is 6.04 Å². The summed E-state index contributed by atoms with van der Waals surface area (Å²) in [7, 11) is 0. The van der Waals surface area contributed by atoms with E-state index in [0.29, 0.717) is 0 Å². The molecule has 0 bridgehead atoms. The minimum Gasteiger partial charge on any atom is -0.327 e. The SMILES string of the molecule is Cc1cnc(CC(N)C2CC2)nc1. The molecule has 0 aliphatic heterocycles. The van der Waals surface area contributed by atoms with E-state index in [4.69, 9.17) is 5.73 Å². The number of hydrogen-bond acceptors (Lipinski definition) is 3. The van der Waals surface area contributed by atoms with Gasteiger partial charge in [0.2, 0.25) is 0 Å². The van der Waals surface area contributed by atoms with Gasteiger partial charge in [-0.15, -0.1) is 0 Å². The average molecular weight is 177 g/mol. The summed E-state index contributed by atoms with van der Waals surface area (Å²) in [5, 5.41) is 0. The van der Waals surface area contributed by atoms with Crippen LogP contribution in [-0.4, -0.2) is 16.0 Å². The maximum absolute atomic E-state index is 5.97. The van der Waals surface area contributed by atoms with E-state index in [9.17, 15) is 0 Å². The first-order valence-electron chi connectivity index (χ1n) is 4.79. The molecule has 1 fully saturated rings. The van der Waals surface area contributed by atoms with Gasteiger partial charge in [0.15, 0.2) is 0 Å². The molecule has 70 valence electrons. The molecule has 13 heavy (non-hydrogen) atoms. The van der Waals surface area contributed by atoms with Crippen molar-refractivity contribution < 1.29 is 0 Å². The number of aromatic nitrogens is 2. The van der Waals surface area contributed by atoms with E-state index in [2.05, 4.69) is 9.97 Å². The smallest absolute Gasteiger partial charge is 0.129 e. The minimum absolute atomic E-state index is 0.266. The molecule has 1 aliphatic rings. The van der Waals surface area contributed by atoms with Crippen molar-refractivity contribution in [2.75, 3.05) is 0 Å². The Hall–Kier alpha value is -0.960. The van der Waals surface area contributed by atoms with Crippen molar-refractivity contribution >= 4 is 0 Å². The maximum Gasteiger partial charge on any atom is 0.129 e. The summed E-state index contributed by atoms with van der Waals surface area (Å²) in [6, 6.07) is 0.266. The van der Waals surface area contributed by atoms with Gasteiger partial charge < -0.3 is 5.73 Å².